The Morgan fingerprint density at radius 2 is 2.23 bits per heavy atom. The Morgan fingerprint density at radius 1 is 1.46 bits per heavy atom. The highest BCUT2D eigenvalue weighted by molar-refractivity contribution is 5.38. The van der Waals surface area contributed by atoms with Gasteiger partial charge in [0.25, 0.3) is 0 Å². The number of rotatable bonds is 3. The Kier molecular flexibility index (Phi) is 2.06. The highest BCUT2D eigenvalue weighted by Gasteiger charge is 2.24. The lowest BCUT2D eigenvalue weighted by Crippen LogP contribution is -2.07. The summed E-state index contributed by atoms with van der Waals surface area (Å²) in [6.07, 6.45) is 2.64. The number of pyridine rings is 1. The normalized spacial score (nSPS) is 15.8. The molecule has 13 heavy (non-hydrogen) atoms. The van der Waals surface area contributed by atoms with Crippen LogP contribution in [0.4, 0.5) is 5.82 Å². The second-order valence-electron chi connectivity index (χ2n) is 3.20. The van der Waals surface area contributed by atoms with Crippen LogP contribution in [0.15, 0.2) is 12.1 Å². The Labute approximate surface area is 76.9 Å². The molecule has 0 radical (unpaired) electrons. The molecule has 1 aliphatic rings. The van der Waals surface area contributed by atoms with E-state index in [0.717, 1.165) is 24.3 Å². The summed E-state index contributed by atoms with van der Waals surface area (Å²) in [6, 6.07) is 3.57. The fourth-order valence-corrected chi connectivity index (χ4v) is 1.12. The third kappa shape index (κ3) is 1.89. The van der Waals surface area contributed by atoms with Gasteiger partial charge in [-0.25, -0.2) is 4.98 Å². The Balaban J connectivity index is 2.21. The predicted octanol–water partition coefficient (Wildman–Crippen LogP) is 0.664. The molecular weight excluding hydrogens is 166 g/mol. The molecular formula is C9H13N3O. The zero-order valence-electron chi connectivity index (χ0n) is 7.36. The second kappa shape index (κ2) is 3.22. The standard InChI is InChI=1S/C9H13N3O/c10-5-7-8(13-6-1-2-6)3-4-9(11)12-7/h3-4,6H,1-2,5,10H2,(H2,11,12). The zero-order valence-corrected chi connectivity index (χ0v) is 7.36. The molecule has 4 N–H and O–H groups in total. The first-order valence-electron chi connectivity index (χ1n) is 4.41. The lowest BCUT2D eigenvalue weighted by molar-refractivity contribution is 0.298. The summed E-state index contributed by atoms with van der Waals surface area (Å²) in [4.78, 5) is 4.10. The maximum atomic E-state index is 5.60. The summed E-state index contributed by atoms with van der Waals surface area (Å²) in [5, 5.41) is 0. The Bertz CT molecular complexity index is 310. The van der Waals surface area contributed by atoms with E-state index in [1.165, 1.54) is 0 Å². The molecule has 2 rings (SSSR count). The minimum absolute atomic E-state index is 0.368. The number of ether oxygens (including phenoxy) is 1. The van der Waals surface area contributed by atoms with Gasteiger partial charge in [0.15, 0.2) is 0 Å². The van der Waals surface area contributed by atoms with Crippen molar-refractivity contribution in [2.45, 2.75) is 25.5 Å². The van der Waals surface area contributed by atoms with Gasteiger partial charge >= 0.3 is 0 Å². The largest absolute Gasteiger partial charge is 0.488 e. The molecule has 0 amide bonds. The number of hydrogen-bond donors (Lipinski definition) is 2. The first-order valence-corrected chi connectivity index (χ1v) is 4.41. The summed E-state index contributed by atoms with van der Waals surface area (Å²) in [7, 11) is 0. The molecule has 4 nitrogen and oxygen atoms in total. The third-order valence-corrected chi connectivity index (χ3v) is 1.97. The van der Waals surface area contributed by atoms with E-state index in [2.05, 4.69) is 4.98 Å². The molecule has 0 spiro atoms. The fraction of sp³-hybridized carbons (Fsp3) is 0.444. The third-order valence-electron chi connectivity index (χ3n) is 1.97. The van der Waals surface area contributed by atoms with Gasteiger partial charge in [0.2, 0.25) is 0 Å². The average molecular weight is 179 g/mol. The van der Waals surface area contributed by atoms with Crippen LogP contribution in [0.25, 0.3) is 0 Å². The van der Waals surface area contributed by atoms with Gasteiger partial charge in [0, 0.05) is 6.54 Å². The van der Waals surface area contributed by atoms with Crippen LogP contribution in [0.1, 0.15) is 18.5 Å². The lowest BCUT2D eigenvalue weighted by Gasteiger charge is -2.08. The number of nitrogen functional groups attached to an aromatic ring is 1. The van der Waals surface area contributed by atoms with E-state index >= 15 is 0 Å². The summed E-state index contributed by atoms with van der Waals surface area (Å²) >= 11 is 0. The number of aromatic nitrogens is 1. The SMILES string of the molecule is NCc1nc(N)ccc1OC1CC1. The smallest absolute Gasteiger partial charge is 0.142 e. The minimum Gasteiger partial charge on any atom is -0.488 e. The van der Waals surface area contributed by atoms with E-state index < -0.39 is 0 Å². The van der Waals surface area contributed by atoms with Gasteiger partial charge in [-0.2, -0.15) is 0 Å². The first-order chi connectivity index (χ1) is 6.29. The van der Waals surface area contributed by atoms with Crippen LogP contribution in [0.5, 0.6) is 5.75 Å². The molecule has 0 aromatic carbocycles. The molecule has 0 aliphatic heterocycles. The van der Waals surface area contributed by atoms with Gasteiger partial charge in [-0.05, 0) is 25.0 Å². The van der Waals surface area contributed by atoms with Crippen molar-refractivity contribution < 1.29 is 4.74 Å². The molecule has 1 heterocycles. The van der Waals surface area contributed by atoms with Gasteiger partial charge in [-0.3, -0.25) is 0 Å². The maximum Gasteiger partial charge on any atom is 0.142 e. The molecule has 1 aliphatic carbocycles. The molecule has 1 fully saturated rings. The Morgan fingerprint density at radius 3 is 2.85 bits per heavy atom. The van der Waals surface area contributed by atoms with Gasteiger partial charge in [-0.1, -0.05) is 0 Å². The molecule has 0 saturated heterocycles. The van der Waals surface area contributed by atoms with Crippen LogP contribution >= 0.6 is 0 Å². The minimum atomic E-state index is 0.368. The van der Waals surface area contributed by atoms with Gasteiger partial charge < -0.3 is 16.2 Å². The number of nitrogens with zero attached hydrogens (tertiary/aromatic N) is 1. The second-order valence-corrected chi connectivity index (χ2v) is 3.20. The summed E-state index contributed by atoms with van der Waals surface area (Å²) in [6.45, 7) is 0.368. The van der Waals surface area contributed by atoms with E-state index in [1.54, 1.807) is 6.07 Å². The molecule has 0 atom stereocenters. The number of nitrogens with two attached hydrogens (primary N) is 2. The monoisotopic (exact) mass is 179 g/mol. The summed E-state index contributed by atoms with van der Waals surface area (Å²) in [5.74, 6) is 1.27. The highest BCUT2D eigenvalue weighted by Crippen LogP contribution is 2.28. The molecule has 0 unspecified atom stereocenters. The van der Waals surface area contributed by atoms with Crippen molar-refractivity contribution in [2.24, 2.45) is 5.73 Å². The van der Waals surface area contributed by atoms with Crippen LogP contribution in [0, 0.1) is 0 Å². The predicted molar refractivity (Wildman–Crippen MR) is 50.2 cm³/mol. The van der Waals surface area contributed by atoms with Crippen LogP contribution in [0.2, 0.25) is 0 Å². The molecule has 1 aromatic heterocycles. The maximum absolute atomic E-state index is 5.60. The molecule has 4 heteroatoms. The van der Waals surface area contributed by atoms with Crippen molar-refractivity contribution in [1.82, 2.24) is 4.98 Å². The molecule has 1 saturated carbocycles. The molecule has 0 bridgehead atoms. The van der Waals surface area contributed by atoms with Crippen molar-refractivity contribution in [3.63, 3.8) is 0 Å². The molecule has 1 aromatic rings. The summed E-state index contributed by atoms with van der Waals surface area (Å²) in [5.41, 5.74) is 11.8. The van der Waals surface area contributed by atoms with E-state index in [-0.39, 0.29) is 0 Å². The quantitative estimate of drug-likeness (QED) is 0.715. The molecule has 70 valence electrons. The number of hydrogen-bond acceptors (Lipinski definition) is 4. The van der Waals surface area contributed by atoms with Crippen LogP contribution < -0.4 is 16.2 Å². The van der Waals surface area contributed by atoms with Crippen molar-refractivity contribution >= 4 is 5.82 Å². The van der Waals surface area contributed by atoms with E-state index in [9.17, 15) is 0 Å². The lowest BCUT2D eigenvalue weighted by atomic mass is 10.3. The Hall–Kier alpha value is -1.29. The van der Waals surface area contributed by atoms with E-state index in [4.69, 9.17) is 16.2 Å². The fourth-order valence-electron chi connectivity index (χ4n) is 1.12. The van der Waals surface area contributed by atoms with Crippen molar-refractivity contribution in [2.75, 3.05) is 5.73 Å². The number of anilines is 1. The first kappa shape index (κ1) is 8.31. The van der Waals surface area contributed by atoms with Crippen LogP contribution in [-0.4, -0.2) is 11.1 Å². The van der Waals surface area contributed by atoms with Gasteiger partial charge in [-0.15, -0.1) is 0 Å². The topological polar surface area (TPSA) is 74.2 Å². The van der Waals surface area contributed by atoms with Crippen molar-refractivity contribution in [3.8, 4) is 5.75 Å². The highest BCUT2D eigenvalue weighted by atomic mass is 16.5. The zero-order chi connectivity index (χ0) is 9.26. The van der Waals surface area contributed by atoms with Crippen LogP contribution in [0.3, 0.4) is 0 Å². The van der Waals surface area contributed by atoms with Crippen molar-refractivity contribution in [3.05, 3.63) is 17.8 Å². The summed E-state index contributed by atoms with van der Waals surface area (Å²) < 4.78 is 5.60. The van der Waals surface area contributed by atoms with Gasteiger partial charge in [0.1, 0.15) is 11.6 Å². The van der Waals surface area contributed by atoms with E-state index in [1.807, 2.05) is 6.07 Å². The van der Waals surface area contributed by atoms with Crippen molar-refractivity contribution in [1.29, 1.82) is 0 Å². The van der Waals surface area contributed by atoms with Gasteiger partial charge in [0.05, 0.1) is 11.8 Å². The van der Waals surface area contributed by atoms with Crippen LogP contribution in [-0.2, 0) is 6.54 Å². The van der Waals surface area contributed by atoms with E-state index in [0.29, 0.717) is 18.5 Å². The average Bonchev–Trinajstić information content (AvgIpc) is 2.92.